The fraction of sp³-hybridized carbons (Fsp3) is 0.167. The summed E-state index contributed by atoms with van der Waals surface area (Å²) in [5.41, 5.74) is 1.09. The van der Waals surface area contributed by atoms with Crippen molar-refractivity contribution in [3.05, 3.63) is 63.6 Å². The Morgan fingerprint density at radius 1 is 0.923 bits per heavy atom. The number of nitrogens with one attached hydrogen (secondary N) is 3. The number of hydrogen-bond donors (Lipinski definition) is 3. The zero-order valence-electron chi connectivity index (χ0n) is 13.7. The first-order valence-corrected chi connectivity index (χ1v) is 8.97. The third-order valence-corrected chi connectivity index (χ3v) is 4.28. The molecule has 0 saturated heterocycles. The van der Waals surface area contributed by atoms with Crippen LogP contribution in [-0.4, -0.2) is 30.8 Å². The summed E-state index contributed by atoms with van der Waals surface area (Å²) in [4.78, 5) is 35.5. The largest absolute Gasteiger partial charge is 0.352 e. The van der Waals surface area contributed by atoms with E-state index < -0.39 is 0 Å². The molecule has 2 aromatic carbocycles. The van der Waals surface area contributed by atoms with Crippen LogP contribution in [0, 0.1) is 0 Å². The highest BCUT2D eigenvalue weighted by atomic mass is 79.9. The summed E-state index contributed by atoms with van der Waals surface area (Å²) < 4.78 is 0.754. The summed E-state index contributed by atoms with van der Waals surface area (Å²) in [7, 11) is 0. The Morgan fingerprint density at radius 2 is 1.62 bits per heavy atom. The topological polar surface area (TPSA) is 87.3 Å². The number of halogens is 2. The van der Waals surface area contributed by atoms with E-state index >= 15 is 0 Å². The molecule has 0 aromatic heterocycles. The minimum atomic E-state index is -0.338. The van der Waals surface area contributed by atoms with Crippen molar-refractivity contribution in [2.75, 3.05) is 18.4 Å². The predicted octanol–water partition coefficient (Wildman–Crippen LogP) is 2.98. The van der Waals surface area contributed by atoms with Gasteiger partial charge in [-0.2, -0.15) is 0 Å². The fourth-order valence-electron chi connectivity index (χ4n) is 2.02. The fourth-order valence-corrected chi connectivity index (χ4v) is 2.53. The minimum absolute atomic E-state index is 0.0711. The van der Waals surface area contributed by atoms with Crippen LogP contribution in [0.2, 0.25) is 5.02 Å². The zero-order chi connectivity index (χ0) is 18.9. The highest BCUT2D eigenvalue weighted by Gasteiger charge is 2.09. The molecule has 0 heterocycles. The smallest absolute Gasteiger partial charge is 0.251 e. The van der Waals surface area contributed by atoms with Gasteiger partial charge in [0.2, 0.25) is 11.8 Å². The molecule has 0 atom stereocenters. The molecule has 0 saturated carbocycles. The van der Waals surface area contributed by atoms with Gasteiger partial charge in [0.05, 0.1) is 12.2 Å². The van der Waals surface area contributed by atoms with Gasteiger partial charge in [0, 0.05) is 28.0 Å². The quantitative estimate of drug-likeness (QED) is 0.621. The van der Waals surface area contributed by atoms with Crippen LogP contribution in [0.1, 0.15) is 16.8 Å². The molecular formula is C18H17BrClN3O3. The number of amides is 3. The number of carbonyl (C=O) groups excluding carboxylic acids is 3. The van der Waals surface area contributed by atoms with E-state index in [2.05, 4.69) is 31.9 Å². The second-order valence-electron chi connectivity index (χ2n) is 5.32. The molecule has 0 bridgehead atoms. The van der Waals surface area contributed by atoms with Crippen molar-refractivity contribution < 1.29 is 14.4 Å². The number of carbonyl (C=O) groups is 3. The van der Waals surface area contributed by atoms with Crippen molar-refractivity contribution in [2.24, 2.45) is 0 Å². The van der Waals surface area contributed by atoms with Gasteiger partial charge in [-0.05, 0) is 52.3 Å². The van der Waals surface area contributed by atoms with Crippen LogP contribution in [0.4, 0.5) is 5.69 Å². The highest BCUT2D eigenvalue weighted by Crippen LogP contribution is 2.20. The van der Waals surface area contributed by atoms with E-state index in [0.717, 1.165) is 4.47 Å². The molecule has 3 amide bonds. The normalized spacial score (nSPS) is 10.1. The van der Waals surface area contributed by atoms with Gasteiger partial charge in [-0.25, -0.2) is 0 Å². The average molecular weight is 439 g/mol. The third kappa shape index (κ3) is 6.50. The van der Waals surface area contributed by atoms with Crippen molar-refractivity contribution in [2.45, 2.75) is 6.42 Å². The number of anilines is 1. The molecule has 2 rings (SSSR count). The second kappa shape index (κ2) is 9.94. The molecule has 8 heteroatoms. The van der Waals surface area contributed by atoms with E-state index in [4.69, 9.17) is 11.6 Å². The summed E-state index contributed by atoms with van der Waals surface area (Å²) in [5, 5.41) is 8.37. The number of para-hydroxylation sites is 1. The van der Waals surface area contributed by atoms with Crippen LogP contribution in [0.15, 0.2) is 53.0 Å². The summed E-state index contributed by atoms with van der Waals surface area (Å²) >= 11 is 9.09. The molecule has 3 N–H and O–H groups in total. The van der Waals surface area contributed by atoms with E-state index in [-0.39, 0.29) is 37.2 Å². The molecule has 0 spiro atoms. The van der Waals surface area contributed by atoms with Crippen molar-refractivity contribution in [3.63, 3.8) is 0 Å². The number of hydrogen-bond acceptors (Lipinski definition) is 3. The molecule has 6 nitrogen and oxygen atoms in total. The van der Waals surface area contributed by atoms with Crippen molar-refractivity contribution in [1.82, 2.24) is 10.6 Å². The number of rotatable bonds is 7. The van der Waals surface area contributed by atoms with Gasteiger partial charge in [-0.3, -0.25) is 14.4 Å². The van der Waals surface area contributed by atoms with Crippen molar-refractivity contribution >= 4 is 50.9 Å². The zero-order valence-corrected chi connectivity index (χ0v) is 16.1. The first-order valence-electron chi connectivity index (χ1n) is 7.80. The van der Waals surface area contributed by atoms with Crippen molar-refractivity contribution in [1.29, 1.82) is 0 Å². The van der Waals surface area contributed by atoms with Gasteiger partial charge in [0.25, 0.3) is 5.91 Å². The summed E-state index contributed by atoms with van der Waals surface area (Å²) in [6.45, 7) is 0.0183. The van der Waals surface area contributed by atoms with Crippen LogP contribution < -0.4 is 16.0 Å². The molecule has 0 aliphatic rings. The Hall–Kier alpha value is -2.38. The van der Waals surface area contributed by atoms with Gasteiger partial charge in [0.1, 0.15) is 0 Å². The number of benzene rings is 2. The van der Waals surface area contributed by atoms with E-state index in [9.17, 15) is 14.4 Å². The standard InChI is InChI=1S/C18H17BrClN3O3/c19-14-3-1-2-4-15(14)23-17(25)11-22-16(24)9-10-21-18(26)12-5-7-13(20)8-6-12/h1-8H,9-11H2,(H,21,26)(H,22,24)(H,23,25). The highest BCUT2D eigenvalue weighted by molar-refractivity contribution is 9.10. The van der Waals surface area contributed by atoms with Gasteiger partial charge < -0.3 is 16.0 Å². The molecule has 136 valence electrons. The van der Waals surface area contributed by atoms with Crippen LogP contribution in [0.25, 0.3) is 0 Å². The van der Waals surface area contributed by atoms with Crippen LogP contribution in [0.3, 0.4) is 0 Å². The maximum atomic E-state index is 11.9. The first-order chi connectivity index (χ1) is 12.5. The predicted molar refractivity (Wildman–Crippen MR) is 104 cm³/mol. The molecule has 0 fully saturated rings. The van der Waals surface area contributed by atoms with E-state index in [1.54, 1.807) is 42.5 Å². The van der Waals surface area contributed by atoms with Gasteiger partial charge in [-0.15, -0.1) is 0 Å². The molecule has 0 aliphatic carbocycles. The maximum absolute atomic E-state index is 11.9. The molecule has 2 aromatic rings. The van der Waals surface area contributed by atoms with E-state index in [1.165, 1.54) is 0 Å². The SMILES string of the molecule is O=C(CCNC(=O)c1ccc(Cl)cc1)NCC(=O)Nc1ccccc1Br. The first kappa shape index (κ1) is 19.9. The molecule has 0 unspecified atom stereocenters. The monoisotopic (exact) mass is 437 g/mol. The summed E-state index contributed by atoms with van der Waals surface area (Å²) in [6, 6.07) is 13.6. The lowest BCUT2D eigenvalue weighted by Crippen LogP contribution is -2.35. The second-order valence-corrected chi connectivity index (χ2v) is 6.61. The summed E-state index contributed by atoms with van der Waals surface area (Å²) in [5.74, 6) is -0.958. The Kier molecular flexibility index (Phi) is 7.62. The third-order valence-electron chi connectivity index (χ3n) is 3.34. The van der Waals surface area contributed by atoms with Crippen LogP contribution in [0.5, 0.6) is 0 Å². The Labute approximate surface area is 164 Å². The van der Waals surface area contributed by atoms with Gasteiger partial charge >= 0.3 is 0 Å². The van der Waals surface area contributed by atoms with Gasteiger partial charge in [0.15, 0.2) is 0 Å². The molecule has 0 radical (unpaired) electrons. The lowest BCUT2D eigenvalue weighted by atomic mass is 10.2. The average Bonchev–Trinajstić information content (AvgIpc) is 2.62. The lowest BCUT2D eigenvalue weighted by Gasteiger charge is -2.09. The Balaban J connectivity index is 1.67. The Morgan fingerprint density at radius 3 is 2.31 bits per heavy atom. The summed E-state index contributed by atoms with van der Waals surface area (Å²) in [6.07, 6.45) is 0.0711. The lowest BCUT2D eigenvalue weighted by molar-refractivity contribution is -0.124. The van der Waals surface area contributed by atoms with E-state index in [1.807, 2.05) is 6.07 Å². The molecular weight excluding hydrogens is 422 g/mol. The Bertz CT molecular complexity index is 797. The van der Waals surface area contributed by atoms with E-state index in [0.29, 0.717) is 16.3 Å². The molecule has 0 aliphatic heterocycles. The maximum Gasteiger partial charge on any atom is 0.251 e. The minimum Gasteiger partial charge on any atom is -0.352 e. The molecule has 26 heavy (non-hydrogen) atoms. The van der Waals surface area contributed by atoms with Crippen molar-refractivity contribution in [3.8, 4) is 0 Å². The van der Waals surface area contributed by atoms with Gasteiger partial charge in [-0.1, -0.05) is 23.7 Å². The van der Waals surface area contributed by atoms with Crippen LogP contribution >= 0.6 is 27.5 Å². The van der Waals surface area contributed by atoms with Crippen LogP contribution in [-0.2, 0) is 9.59 Å².